The fraction of sp³-hybridized carbons (Fsp3) is 0.200. The first kappa shape index (κ1) is 21.5. The molecule has 0 saturated carbocycles. The van der Waals surface area contributed by atoms with Crippen molar-refractivity contribution in [2.24, 2.45) is 0 Å². The molecule has 0 bridgehead atoms. The fourth-order valence-corrected chi connectivity index (χ4v) is 2.94. The van der Waals surface area contributed by atoms with Gasteiger partial charge in [0.15, 0.2) is 0 Å². The second kappa shape index (κ2) is 7.26. The lowest BCUT2D eigenvalue weighted by molar-refractivity contribution is -0.348. The molecule has 0 atom stereocenters. The van der Waals surface area contributed by atoms with Crippen LogP contribution in [0.25, 0.3) is 10.9 Å². The summed E-state index contributed by atoms with van der Waals surface area (Å²) in [6, 6.07) is 9.37. The third-order valence-corrected chi connectivity index (χ3v) is 4.48. The molecule has 1 amide bonds. The lowest BCUT2D eigenvalue weighted by Gasteiger charge is -2.31. The highest BCUT2D eigenvalue weighted by Gasteiger charge is 2.74. The smallest absolute Gasteiger partial charge is 0.320 e. The number of fused-ring (bicyclic) bond motifs is 1. The van der Waals surface area contributed by atoms with Gasteiger partial charge in [-0.3, -0.25) is 9.78 Å². The second-order valence-electron chi connectivity index (χ2n) is 6.53. The number of amides is 1. The Kier molecular flexibility index (Phi) is 5.21. The average molecular weight is 430 g/mol. The number of carbonyl (C=O) groups is 1. The highest BCUT2D eigenvalue weighted by molar-refractivity contribution is 6.08. The van der Waals surface area contributed by atoms with Crippen LogP contribution < -0.4 is 5.32 Å². The molecular weight excluding hydrogens is 417 g/mol. The van der Waals surface area contributed by atoms with E-state index < -0.39 is 40.4 Å². The van der Waals surface area contributed by atoms with E-state index in [0.717, 1.165) is 30.0 Å². The van der Waals surface area contributed by atoms with Gasteiger partial charge < -0.3 is 5.32 Å². The van der Waals surface area contributed by atoms with Crippen LogP contribution in [0.15, 0.2) is 54.7 Å². The number of nitrogens with zero attached hydrogens (tertiary/aromatic N) is 1. The monoisotopic (exact) mass is 430 g/mol. The lowest BCUT2D eigenvalue weighted by Crippen LogP contribution is -2.50. The number of carbonyl (C=O) groups excluding carboxylic acids is 1. The van der Waals surface area contributed by atoms with E-state index in [1.807, 2.05) is 0 Å². The lowest BCUT2D eigenvalue weighted by atomic mass is 9.90. The van der Waals surface area contributed by atoms with E-state index in [4.69, 9.17) is 0 Å². The summed E-state index contributed by atoms with van der Waals surface area (Å²) in [7, 11) is 0. The molecule has 10 heteroatoms. The van der Waals surface area contributed by atoms with Crippen LogP contribution in [0.3, 0.4) is 0 Å². The van der Waals surface area contributed by atoms with Crippen LogP contribution >= 0.6 is 0 Å². The van der Waals surface area contributed by atoms with Gasteiger partial charge in [-0.15, -0.1) is 0 Å². The molecule has 0 aliphatic carbocycles. The van der Waals surface area contributed by atoms with Gasteiger partial charge in [-0.25, -0.2) is 4.39 Å². The molecule has 0 aliphatic heterocycles. The van der Waals surface area contributed by atoms with Crippen molar-refractivity contribution < 1.29 is 35.5 Å². The third kappa shape index (κ3) is 3.57. The quantitative estimate of drug-likeness (QED) is 0.512. The molecule has 1 aromatic heterocycles. The molecule has 0 fully saturated rings. The Bertz CT molecular complexity index is 1070. The topological polar surface area (TPSA) is 42.0 Å². The highest BCUT2D eigenvalue weighted by atomic mass is 19.4. The number of pyridine rings is 1. The van der Waals surface area contributed by atoms with E-state index in [2.05, 4.69) is 10.3 Å². The van der Waals surface area contributed by atoms with Crippen LogP contribution in [0.4, 0.5) is 36.4 Å². The maximum Gasteiger partial charge on any atom is 0.435 e. The zero-order valence-corrected chi connectivity index (χ0v) is 15.2. The van der Waals surface area contributed by atoms with Crippen molar-refractivity contribution in [2.75, 3.05) is 5.32 Å². The molecule has 2 aromatic carbocycles. The van der Waals surface area contributed by atoms with Gasteiger partial charge in [0.2, 0.25) is 0 Å². The molecule has 1 heterocycles. The van der Waals surface area contributed by atoms with Crippen molar-refractivity contribution in [2.45, 2.75) is 24.9 Å². The summed E-state index contributed by atoms with van der Waals surface area (Å²) in [5.74, 6) is -0.659. The molecule has 3 aromatic rings. The van der Waals surface area contributed by atoms with E-state index in [1.54, 1.807) is 19.1 Å². The molecule has 0 unspecified atom stereocenters. The summed E-state index contributed by atoms with van der Waals surface area (Å²) in [5.41, 5.74) is -6.75. The summed E-state index contributed by atoms with van der Waals surface area (Å²) >= 11 is 0. The minimum Gasteiger partial charge on any atom is -0.320 e. The van der Waals surface area contributed by atoms with E-state index >= 15 is 0 Å². The van der Waals surface area contributed by atoms with Crippen molar-refractivity contribution >= 4 is 22.5 Å². The number of alkyl halides is 7. The van der Waals surface area contributed by atoms with Gasteiger partial charge in [0.25, 0.3) is 5.91 Å². The third-order valence-electron chi connectivity index (χ3n) is 4.48. The number of halogens is 7. The predicted octanol–water partition coefficient (Wildman–Crippen LogP) is 6.08. The molecule has 1 N–H and O–H groups in total. The summed E-state index contributed by atoms with van der Waals surface area (Å²) in [5, 5.41) is 1.66. The van der Waals surface area contributed by atoms with Gasteiger partial charge >= 0.3 is 18.0 Å². The molecule has 0 spiro atoms. The summed E-state index contributed by atoms with van der Waals surface area (Å²) in [6.07, 6.45) is -11.4. The Balaban J connectivity index is 2.14. The van der Waals surface area contributed by atoms with Gasteiger partial charge in [-0.2, -0.15) is 26.3 Å². The van der Waals surface area contributed by atoms with Crippen LogP contribution in [-0.4, -0.2) is 23.2 Å². The maximum absolute atomic E-state index is 14.6. The molecule has 3 nitrogen and oxygen atoms in total. The van der Waals surface area contributed by atoms with Gasteiger partial charge in [-0.1, -0.05) is 29.8 Å². The zero-order chi connectivity index (χ0) is 22.3. The normalized spacial score (nSPS) is 12.8. The van der Waals surface area contributed by atoms with E-state index in [1.165, 1.54) is 12.1 Å². The molecule has 0 radical (unpaired) electrons. The minimum absolute atomic E-state index is 0.161. The molecule has 0 aliphatic rings. The Morgan fingerprint density at radius 3 is 2.03 bits per heavy atom. The van der Waals surface area contributed by atoms with Crippen molar-refractivity contribution in [3.63, 3.8) is 0 Å². The average Bonchev–Trinajstić information content (AvgIpc) is 2.66. The Hall–Kier alpha value is -3.17. The summed E-state index contributed by atoms with van der Waals surface area (Å²) in [6.45, 7) is 1.79. The first-order valence-electron chi connectivity index (χ1n) is 8.45. The van der Waals surface area contributed by atoms with Gasteiger partial charge in [-0.05, 0) is 31.2 Å². The van der Waals surface area contributed by atoms with Crippen LogP contribution in [0.1, 0.15) is 21.5 Å². The van der Waals surface area contributed by atoms with E-state index in [-0.39, 0.29) is 11.3 Å². The maximum atomic E-state index is 14.6. The fourth-order valence-electron chi connectivity index (χ4n) is 2.94. The van der Waals surface area contributed by atoms with Crippen LogP contribution in [0.5, 0.6) is 0 Å². The number of anilines is 1. The van der Waals surface area contributed by atoms with Crippen molar-refractivity contribution in [3.05, 3.63) is 71.4 Å². The van der Waals surface area contributed by atoms with Gasteiger partial charge in [0, 0.05) is 22.7 Å². The summed E-state index contributed by atoms with van der Waals surface area (Å²) < 4.78 is 93.8. The number of aryl methyl sites for hydroxylation is 1. The molecule has 158 valence electrons. The molecular formula is C20H13F7N2O. The zero-order valence-electron chi connectivity index (χ0n) is 15.2. The highest BCUT2D eigenvalue weighted by Crippen LogP contribution is 2.54. The van der Waals surface area contributed by atoms with Crippen LogP contribution in [-0.2, 0) is 5.67 Å². The first-order chi connectivity index (χ1) is 13.9. The minimum atomic E-state index is -6.26. The SMILES string of the molecule is Cc1ccc(C(=O)Nc2ccc(C(F)(C(F)(F)F)C(F)(F)F)c3cccnc23)cc1. The van der Waals surface area contributed by atoms with E-state index in [9.17, 15) is 35.5 Å². The van der Waals surface area contributed by atoms with Crippen molar-refractivity contribution in [3.8, 4) is 0 Å². The number of aromatic nitrogens is 1. The Morgan fingerprint density at radius 2 is 1.47 bits per heavy atom. The predicted molar refractivity (Wildman–Crippen MR) is 95.8 cm³/mol. The van der Waals surface area contributed by atoms with Crippen LogP contribution in [0, 0.1) is 6.92 Å². The van der Waals surface area contributed by atoms with E-state index in [0.29, 0.717) is 6.07 Å². The first-order valence-corrected chi connectivity index (χ1v) is 8.45. The second-order valence-corrected chi connectivity index (χ2v) is 6.53. The van der Waals surface area contributed by atoms with Crippen molar-refractivity contribution in [1.29, 1.82) is 0 Å². The molecule has 30 heavy (non-hydrogen) atoms. The summed E-state index contributed by atoms with van der Waals surface area (Å²) in [4.78, 5) is 16.2. The molecule has 0 saturated heterocycles. The standard InChI is InChI=1S/C20H13F7N2O/c1-11-4-6-12(7-5-11)17(30)29-15-9-8-14(13-3-2-10-28-16(13)15)18(21,19(22,23)24)20(25,26)27/h2-10H,1H3,(H,29,30). The van der Waals surface area contributed by atoms with Crippen LogP contribution in [0.2, 0.25) is 0 Å². The molecule has 3 rings (SSSR count). The van der Waals surface area contributed by atoms with Gasteiger partial charge in [0.1, 0.15) is 0 Å². The Labute approximate surface area is 165 Å². The number of hydrogen-bond donors (Lipinski definition) is 1. The van der Waals surface area contributed by atoms with Gasteiger partial charge in [0.05, 0.1) is 11.2 Å². The number of nitrogens with one attached hydrogen (secondary N) is 1. The number of benzene rings is 2. The Morgan fingerprint density at radius 1 is 0.867 bits per heavy atom. The largest absolute Gasteiger partial charge is 0.435 e. The van der Waals surface area contributed by atoms with Crippen molar-refractivity contribution in [1.82, 2.24) is 4.98 Å². The number of rotatable bonds is 3. The number of hydrogen-bond acceptors (Lipinski definition) is 2.